The molecule has 0 radical (unpaired) electrons. The van der Waals surface area contributed by atoms with Gasteiger partial charge in [-0.3, -0.25) is 4.79 Å². The highest BCUT2D eigenvalue weighted by molar-refractivity contribution is 5.92. The molecule has 0 heterocycles. The van der Waals surface area contributed by atoms with Crippen LogP contribution in [0, 0.1) is 12.3 Å². The van der Waals surface area contributed by atoms with Gasteiger partial charge in [-0.25, -0.2) is 4.79 Å². The molecule has 0 atom stereocenters. The normalized spacial score (nSPS) is 9.26. The molecule has 6 heteroatoms. The van der Waals surface area contributed by atoms with Crippen molar-refractivity contribution in [1.29, 1.82) is 0 Å². The molecule has 0 aliphatic heterocycles. The van der Waals surface area contributed by atoms with E-state index in [2.05, 4.69) is 11.2 Å². The molecule has 0 aliphatic carbocycles. The number of carbonyl (C=O) groups is 2. The standard InChI is InChI=1S/C13H13NO5/c1-3-7-14-11(15)8-19-12-9(13(16)17)5-4-6-10(12)18-2/h1,4-6H,7-8H2,2H3,(H,14,15)(H,16,17). The number of methoxy groups -OCH3 is 1. The summed E-state index contributed by atoms with van der Waals surface area (Å²) in [5.41, 5.74) is -0.0795. The Balaban J connectivity index is 2.84. The lowest BCUT2D eigenvalue weighted by molar-refractivity contribution is -0.122. The van der Waals surface area contributed by atoms with Gasteiger partial charge in [0.25, 0.3) is 5.91 Å². The molecular formula is C13H13NO5. The molecule has 1 rings (SSSR count). The van der Waals surface area contributed by atoms with Crippen molar-refractivity contribution in [2.24, 2.45) is 0 Å². The van der Waals surface area contributed by atoms with Gasteiger partial charge in [0.05, 0.1) is 13.7 Å². The molecule has 2 N–H and O–H groups in total. The molecule has 0 unspecified atom stereocenters. The number of hydrogen-bond donors (Lipinski definition) is 2. The van der Waals surface area contributed by atoms with E-state index >= 15 is 0 Å². The van der Waals surface area contributed by atoms with Gasteiger partial charge in [-0.1, -0.05) is 12.0 Å². The third-order valence-corrected chi connectivity index (χ3v) is 2.16. The van der Waals surface area contributed by atoms with E-state index in [0.29, 0.717) is 0 Å². The maximum absolute atomic E-state index is 11.3. The number of amides is 1. The van der Waals surface area contributed by atoms with Crippen molar-refractivity contribution in [2.45, 2.75) is 0 Å². The predicted octanol–water partition coefficient (Wildman–Crippen LogP) is 0.522. The number of terminal acetylenes is 1. The fourth-order valence-corrected chi connectivity index (χ4v) is 1.33. The molecular weight excluding hydrogens is 250 g/mol. The molecule has 1 aromatic carbocycles. The minimum absolute atomic E-state index is 0.00774. The van der Waals surface area contributed by atoms with E-state index in [-0.39, 0.29) is 30.2 Å². The number of para-hydroxylation sites is 1. The van der Waals surface area contributed by atoms with E-state index in [0.717, 1.165) is 0 Å². The van der Waals surface area contributed by atoms with E-state index in [1.54, 1.807) is 6.07 Å². The largest absolute Gasteiger partial charge is 0.493 e. The minimum atomic E-state index is -1.17. The second-order valence-corrected chi connectivity index (χ2v) is 3.41. The Bertz CT molecular complexity index is 518. The summed E-state index contributed by atoms with van der Waals surface area (Å²) < 4.78 is 10.2. The summed E-state index contributed by atoms with van der Waals surface area (Å²) in [6.07, 6.45) is 4.99. The Morgan fingerprint density at radius 3 is 2.79 bits per heavy atom. The van der Waals surface area contributed by atoms with Crippen LogP contribution >= 0.6 is 0 Å². The summed E-state index contributed by atoms with van der Waals surface area (Å²) >= 11 is 0. The molecule has 0 aromatic heterocycles. The first-order valence-corrected chi connectivity index (χ1v) is 5.33. The SMILES string of the molecule is C#CCNC(=O)COc1c(OC)cccc1C(=O)O. The number of ether oxygens (including phenoxy) is 2. The summed E-state index contributed by atoms with van der Waals surface area (Å²) in [5.74, 6) is 0.878. The van der Waals surface area contributed by atoms with Gasteiger partial charge in [-0.2, -0.15) is 0 Å². The Labute approximate surface area is 110 Å². The zero-order valence-corrected chi connectivity index (χ0v) is 10.3. The zero-order chi connectivity index (χ0) is 14.3. The van der Waals surface area contributed by atoms with Crippen molar-refractivity contribution in [1.82, 2.24) is 5.32 Å². The maximum Gasteiger partial charge on any atom is 0.339 e. The van der Waals surface area contributed by atoms with Crippen LogP contribution < -0.4 is 14.8 Å². The highest BCUT2D eigenvalue weighted by atomic mass is 16.5. The van der Waals surface area contributed by atoms with Crippen LogP contribution in [0.25, 0.3) is 0 Å². The highest BCUT2D eigenvalue weighted by Gasteiger charge is 2.17. The van der Waals surface area contributed by atoms with Crippen molar-refractivity contribution in [2.75, 3.05) is 20.3 Å². The first-order valence-electron chi connectivity index (χ1n) is 5.33. The number of hydrogen-bond acceptors (Lipinski definition) is 4. The van der Waals surface area contributed by atoms with Gasteiger partial charge in [0.15, 0.2) is 18.1 Å². The van der Waals surface area contributed by atoms with Crippen LogP contribution in [-0.2, 0) is 4.79 Å². The first-order chi connectivity index (χ1) is 9.10. The van der Waals surface area contributed by atoms with Crippen LogP contribution in [0.3, 0.4) is 0 Å². The Kier molecular flexibility index (Phi) is 5.23. The van der Waals surface area contributed by atoms with Gasteiger partial charge < -0.3 is 19.9 Å². The summed E-state index contributed by atoms with van der Waals surface area (Å²) in [5, 5.41) is 11.4. The molecule has 1 aromatic rings. The van der Waals surface area contributed by atoms with Gasteiger partial charge in [0.2, 0.25) is 0 Å². The van der Waals surface area contributed by atoms with Crippen LogP contribution in [-0.4, -0.2) is 37.2 Å². The number of benzene rings is 1. The quantitative estimate of drug-likeness (QED) is 0.731. The number of nitrogens with one attached hydrogen (secondary N) is 1. The molecule has 0 saturated carbocycles. The van der Waals surface area contributed by atoms with Crippen LogP contribution in [0.2, 0.25) is 0 Å². The average molecular weight is 263 g/mol. The third kappa shape index (κ3) is 3.92. The summed E-state index contributed by atoms with van der Waals surface area (Å²) in [4.78, 5) is 22.4. The van der Waals surface area contributed by atoms with Crippen molar-refractivity contribution < 1.29 is 24.2 Å². The summed E-state index contributed by atoms with van der Waals surface area (Å²) in [6.45, 7) is -0.262. The van der Waals surface area contributed by atoms with Gasteiger partial charge in [-0.15, -0.1) is 6.42 Å². The number of rotatable bonds is 6. The van der Waals surface area contributed by atoms with E-state index in [1.807, 2.05) is 0 Å². The van der Waals surface area contributed by atoms with Crippen molar-refractivity contribution in [3.8, 4) is 23.8 Å². The molecule has 6 nitrogen and oxygen atoms in total. The smallest absolute Gasteiger partial charge is 0.339 e. The van der Waals surface area contributed by atoms with Gasteiger partial charge in [-0.05, 0) is 12.1 Å². The monoisotopic (exact) mass is 263 g/mol. The lowest BCUT2D eigenvalue weighted by Crippen LogP contribution is -2.29. The zero-order valence-electron chi connectivity index (χ0n) is 10.3. The topological polar surface area (TPSA) is 84.9 Å². The molecule has 0 aliphatic rings. The van der Waals surface area contributed by atoms with Gasteiger partial charge >= 0.3 is 5.97 Å². The maximum atomic E-state index is 11.3. The van der Waals surface area contributed by atoms with Gasteiger partial charge in [0.1, 0.15) is 5.56 Å². The van der Waals surface area contributed by atoms with E-state index < -0.39 is 11.9 Å². The number of carbonyl (C=O) groups excluding carboxylic acids is 1. The Hall–Kier alpha value is -2.68. The lowest BCUT2D eigenvalue weighted by Gasteiger charge is -2.12. The highest BCUT2D eigenvalue weighted by Crippen LogP contribution is 2.30. The molecule has 100 valence electrons. The Morgan fingerprint density at radius 1 is 1.47 bits per heavy atom. The lowest BCUT2D eigenvalue weighted by atomic mass is 10.2. The fourth-order valence-electron chi connectivity index (χ4n) is 1.33. The van der Waals surface area contributed by atoms with E-state index in [9.17, 15) is 9.59 Å². The number of carboxylic acid groups (broad SMARTS) is 1. The summed E-state index contributed by atoms with van der Waals surface area (Å²) in [7, 11) is 1.38. The third-order valence-electron chi connectivity index (χ3n) is 2.16. The molecule has 1 amide bonds. The Morgan fingerprint density at radius 2 is 2.21 bits per heavy atom. The second-order valence-electron chi connectivity index (χ2n) is 3.41. The minimum Gasteiger partial charge on any atom is -0.493 e. The van der Waals surface area contributed by atoms with E-state index in [1.165, 1.54) is 19.2 Å². The molecule has 0 bridgehead atoms. The van der Waals surface area contributed by atoms with Crippen molar-refractivity contribution in [3.63, 3.8) is 0 Å². The van der Waals surface area contributed by atoms with Crippen molar-refractivity contribution >= 4 is 11.9 Å². The average Bonchev–Trinajstić information content (AvgIpc) is 2.42. The van der Waals surface area contributed by atoms with Gasteiger partial charge in [0, 0.05) is 0 Å². The molecule has 19 heavy (non-hydrogen) atoms. The van der Waals surface area contributed by atoms with Crippen LogP contribution in [0.5, 0.6) is 11.5 Å². The predicted molar refractivity (Wildman–Crippen MR) is 67.3 cm³/mol. The molecule has 0 spiro atoms. The number of carboxylic acids is 1. The van der Waals surface area contributed by atoms with E-state index in [4.69, 9.17) is 21.0 Å². The fraction of sp³-hybridized carbons (Fsp3) is 0.231. The van der Waals surface area contributed by atoms with Crippen LogP contribution in [0.1, 0.15) is 10.4 Å². The van der Waals surface area contributed by atoms with Crippen molar-refractivity contribution in [3.05, 3.63) is 23.8 Å². The number of aromatic carboxylic acids is 1. The molecule has 0 saturated heterocycles. The van der Waals surface area contributed by atoms with Crippen LogP contribution in [0.15, 0.2) is 18.2 Å². The van der Waals surface area contributed by atoms with Crippen LogP contribution in [0.4, 0.5) is 0 Å². The molecule has 0 fully saturated rings. The first kappa shape index (κ1) is 14.4. The second kappa shape index (κ2) is 6.91. The summed E-state index contributed by atoms with van der Waals surface area (Å²) in [6, 6.07) is 4.42.